The van der Waals surface area contributed by atoms with Crippen LogP contribution in [0.15, 0.2) is 45.9 Å². The van der Waals surface area contributed by atoms with E-state index in [2.05, 4.69) is 20.8 Å². The molecule has 1 aliphatic rings. The van der Waals surface area contributed by atoms with Crippen LogP contribution in [0.3, 0.4) is 0 Å². The molecule has 0 radical (unpaired) electrons. The Hall–Kier alpha value is -2.59. The highest BCUT2D eigenvalue weighted by molar-refractivity contribution is 8.01. The second-order valence-electron chi connectivity index (χ2n) is 6.34. The Morgan fingerprint density at radius 2 is 2.03 bits per heavy atom. The number of nitrogens with zero attached hydrogens (tertiary/aromatic N) is 2. The molecule has 0 aliphatic carbocycles. The van der Waals surface area contributed by atoms with E-state index in [1.54, 1.807) is 6.92 Å². The first-order valence-electron chi connectivity index (χ1n) is 9.13. The largest absolute Gasteiger partial charge is 0.466 e. The molecule has 10 heteroatoms. The van der Waals surface area contributed by atoms with Crippen molar-refractivity contribution in [1.29, 1.82) is 0 Å². The standard InChI is InChI=1S/C19H22N4O4S2/c1-4-26-16(24)14-13(10-28-19-23-22-18(29-19)27-11(2)3)20-17(25)21-15(14)12-8-6-5-7-9-12/h5-9,11,15H,4,10H2,1-3H3,(H2,20,21,25). The first-order chi connectivity index (χ1) is 14.0. The van der Waals surface area contributed by atoms with Gasteiger partial charge >= 0.3 is 12.0 Å². The lowest BCUT2D eigenvalue weighted by Gasteiger charge is -2.29. The van der Waals surface area contributed by atoms with Gasteiger partial charge in [0, 0.05) is 11.4 Å². The molecule has 0 spiro atoms. The maximum Gasteiger partial charge on any atom is 0.338 e. The molecule has 2 aromatic rings. The van der Waals surface area contributed by atoms with Crippen LogP contribution in [0, 0.1) is 0 Å². The van der Waals surface area contributed by atoms with E-state index in [1.807, 2.05) is 44.2 Å². The number of amides is 2. The second kappa shape index (κ2) is 9.75. The quantitative estimate of drug-likeness (QED) is 0.485. The van der Waals surface area contributed by atoms with Crippen LogP contribution in [0.2, 0.25) is 0 Å². The number of hydrogen-bond donors (Lipinski definition) is 2. The van der Waals surface area contributed by atoms with Crippen molar-refractivity contribution in [3.63, 3.8) is 0 Å². The summed E-state index contributed by atoms with van der Waals surface area (Å²) in [5.41, 5.74) is 1.68. The summed E-state index contributed by atoms with van der Waals surface area (Å²) in [7, 11) is 0. The summed E-state index contributed by atoms with van der Waals surface area (Å²) in [6.45, 7) is 5.82. The van der Waals surface area contributed by atoms with Crippen LogP contribution in [0.4, 0.5) is 4.79 Å². The topological polar surface area (TPSA) is 102 Å². The van der Waals surface area contributed by atoms with Gasteiger partial charge in [-0.1, -0.05) is 47.2 Å². The number of nitrogens with one attached hydrogen (secondary N) is 2. The van der Waals surface area contributed by atoms with Gasteiger partial charge in [0.2, 0.25) is 0 Å². The highest BCUT2D eigenvalue weighted by Gasteiger charge is 2.33. The van der Waals surface area contributed by atoms with E-state index in [1.165, 1.54) is 23.1 Å². The van der Waals surface area contributed by atoms with E-state index in [9.17, 15) is 9.59 Å². The minimum Gasteiger partial charge on any atom is -0.466 e. The molecule has 0 saturated carbocycles. The fraction of sp³-hybridized carbons (Fsp3) is 0.368. The van der Waals surface area contributed by atoms with Crippen LogP contribution in [0.5, 0.6) is 5.19 Å². The van der Waals surface area contributed by atoms with Crippen molar-refractivity contribution >= 4 is 35.1 Å². The minimum atomic E-state index is -0.589. The normalized spacial score (nSPS) is 16.4. The molecule has 0 fully saturated rings. The van der Waals surface area contributed by atoms with Gasteiger partial charge in [0.15, 0.2) is 4.34 Å². The van der Waals surface area contributed by atoms with E-state index in [0.29, 0.717) is 26.6 Å². The lowest BCUT2D eigenvalue weighted by molar-refractivity contribution is -0.139. The maximum absolute atomic E-state index is 12.7. The van der Waals surface area contributed by atoms with Crippen molar-refractivity contribution in [3.05, 3.63) is 47.2 Å². The number of rotatable bonds is 8. The van der Waals surface area contributed by atoms with Gasteiger partial charge in [0.1, 0.15) is 0 Å². The predicted octanol–water partition coefficient (Wildman–Crippen LogP) is 3.29. The van der Waals surface area contributed by atoms with Gasteiger partial charge in [-0.15, -0.1) is 5.10 Å². The summed E-state index contributed by atoms with van der Waals surface area (Å²) in [6.07, 6.45) is 0.00858. The Bertz CT molecular complexity index is 899. The summed E-state index contributed by atoms with van der Waals surface area (Å²) in [4.78, 5) is 25.0. The van der Waals surface area contributed by atoms with Crippen LogP contribution >= 0.6 is 23.1 Å². The summed E-state index contributed by atoms with van der Waals surface area (Å²) in [6, 6.07) is 8.36. The Kier molecular flexibility index (Phi) is 7.10. The van der Waals surface area contributed by atoms with Gasteiger partial charge in [-0.25, -0.2) is 9.59 Å². The fourth-order valence-electron chi connectivity index (χ4n) is 2.72. The molecule has 29 heavy (non-hydrogen) atoms. The molecule has 154 valence electrons. The van der Waals surface area contributed by atoms with Crippen LogP contribution in [-0.2, 0) is 9.53 Å². The molecule has 0 saturated heterocycles. The zero-order valence-corrected chi connectivity index (χ0v) is 17.9. The van der Waals surface area contributed by atoms with Crippen LogP contribution in [-0.4, -0.2) is 40.7 Å². The first-order valence-corrected chi connectivity index (χ1v) is 10.9. The molecule has 1 aliphatic heterocycles. The van der Waals surface area contributed by atoms with E-state index in [4.69, 9.17) is 9.47 Å². The van der Waals surface area contributed by atoms with Crippen molar-refractivity contribution in [2.24, 2.45) is 0 Å². The van der Waals surface area contributed by atoms with E-state index in [-0.39, 0.29) is 18.7 Å². The monoisotopic (exact) mass is 434 g/mol. The van der Waals surface area contributed by atoms with Crippen molar-refractivity contribution in [3.8, 4) is 5.19 Å². The van der Waals surface area contributed by atoms with E-state index >= 15 is 0 Å². The summed E-state index contributed by atoms with van der Waals surface area (Å²) >= 11 is 2.69. The summed E-state index contributed by atoms with van der Waals surface area (Å²) < 4.78 is 11.5. The first kappa shape index (κ1) is 21.1. The number of thioether (sulfide) groups is 1. The number of ether oxygens (including phenoxy) is 2. The third-order valence-corrected chi connectivity index (χ3v) is 5.82. The third-order valence-electron chi connectivity index (χ3n) is 3.85. The molecule has 2 amide bonds. The second-order valence-corrected chi connectivity index (χ2v) is 8.51. The van der Waals surface area contributed by atoms with E-state index < -0.39 is 12.0 Å². The van der Waals surface area contributed by atoms with Crippen LogP contribution in [0.25, 0.3) is 0 Å². The number of carbonyl (C=O) groups is 2. The lowest BCUT2D eigenvalue weighted by Crippen LogP contribution is -2.46. The average molecular weight is 435 g/mol. The van der Waals surface area contributed by atoms with Gasteiger partial charge in [-0.3, -0.25) is 0 Å². The zero-order valence-electron chi connectivity index (χ0n) is 16.3. The Balaban J connectivity index is 1.87. The zero-order chi connectivity index (χ0) is 20.8. The molecule has 8 nitrogen and oxygen atoms in total. The number of aromatic nitrogens is 2. The number of carbonyl (C=O) groups excluding carboxylic acids is 2. The highest BCUT2D eigenvalue weighted by atomic mass is 32.2. The molecule has 1 aromatic carbocycles. The third kappa shape index (κ3) is 5.48. The SMILES string of the molecule is CCOC(=O)C1=C(CSc2nnc(OC(C)C)s2)NC(=O)NC1c1ccccc1. The van der Waals surface area contributed by atoms with Gasteiger partial charge in [0.05, 0.1) is 24.3 Å². The van der Waals surface area contributed by atoms with Gasteiger partial charge in [0.25, 0.3) is 5.19 Å². The van der Waals surface area contributed by atoms with Crippen molar-refractivity contribution < 1.29 is 19.1 Å². The van der Waals surface area contributed by atoms with Crippen LogP contribution < -0.4 is 15.4 Å². The van der Waals surface area contributed by atoms with Gasteiger partial charge in [-0.05, 0) is 37.7 Å². The lowest BCUT2D eigenvalue weighted by atomic mass is 9.95. The van der Waals surface area contributed by atoms with Crippen molar-refractivity contribution in [2.45, 2.75) is 37.3 Å². The van der Waals surface area contributed by atoms with Gasteiger partial charge < -0.3 is 20.1 Å². The molecule has 2 N–H and O–H groups in total. The summed E-state index contributed by atoms with van der Waals surface area (Å²) in [5.74, 6) is -0.133. The molecule has 0 bridgehead atoms. The molecule has 2 heterocycles. The Labute approximate surface area is 177 Å². The molecule has 3 rings (SSSR count). The Morgan fingerprint density at radius 3 is 2.72 bits per heavy atom. The van der Waals surface area contributed by atoms with Crippen molar-refractivity contribution in [1.82, 2.24) is 20.8 Å². The highest BCUT2D eigenvalue weighted by Crippen LogP contribution is 2.33. The minimum absolute atomic E-state index is 0.00858. The predicted molar refractivity (Wildman–Crippen MR) is 111 cm³/mol. The number of esters is 1. The Morgan fingerprint density at radius 1 is 1.28 bits per heavy atom. The van der Waals surface area contributed by atoms with Crippen LogP contribution in [0.1, 0.15) is 32.4 Å². The number of hydrogen-bond acceptors (Lipinski definition) is 8. The molecular formula is C19H22N4O4S2. The molecule has 1 atom stereocenters. The van der Waals surface area contributed by atoms with Crippen molar-refractivity contribution in [2.75, 3.05) is 12.4 Å². The molecule has 1 unspecified atom stereocenters. The average Bonchev–Trinajstić information content (AvgIpc) is 3.13. The fourth-order valence-corrected chi connectivity index (χ4v) is 4.49. The van der Waals surface area contributed by atoms with E-state index in [0.717, 1.165) is 5.56 Å². The molecule has 1 aromatic heterocycles. The molecular weight excluding hydrogens is 412 g/mol. The maximum atomic E-state index is 12.7. The number of benzene rings is 1. The van der Waals surface area contributed by atoms with Gasteiger partial charge in [-0.2, -0.15) is 0 Å². The smallest absolute Gasteiger partial charge is 0.338 e. The number of urea groups is 1. The summed E-state index contributed by atoms with van der Waals surface area (Å²) in [5, 5.41) is 14.1.